The molecule has 6 heteroatoms. The van der Waals surface area contributed by atoms with Crippen molar-refractivity contribution < 1.29 is 14.7 Å². The fraction of sp³-hybridized carbons (Fsp3) is 0.375. The van der Waals surface area contributed by atoms with Crippen LogP contribution in [0, 0.1) is 5.92 Å². The molecule has 5 nitrogen and oxygen atoms in total. The highest BCUT2D eigenvalue weighted by Crippen LogP contribution is 2.24. The van der Waals surface area contributed by atoms with E-state index in [0.717, 1.165) is 16.5 Å². The van der Waals surface area contributed by atoms with Crippen LogP contribution in [0.25, 0.3) is 10.9 Å². The van der Waals surface area contributed by atoms with E-state index in [9.17, 15) is 9.59 Å². The zero-order chi connectivity index (χ0) is 15.7. The molecular weight excluding hydrogens is 304 g/mol. The highest BCUT2D eigenvalue weighted by molar-refractivity contribution is 6.31. The average molecular weight is 321 g/mol. The molecule has 1 amide bonds. The first kappa shape index (κ1) is 14.9. The summed E-state index contributed by atoms with van der Waals surface area (Å²) < 4.78 is 0. The smallest absolute Gasteiger partial charge is 0.306 e. The summed E-state index contributed by atoms with van der Waals surface area (Å²) in [5.41, 5.74) is 1.87. The van der Waals surface area contributed by atoms with E-state index in [4.69, 9.17) is 16.7 Å². The van der Waals surface area contributed by atoms with Gasteiger partial charge in [0.15, 0.2) is 0 Å². The minimum absolute atomic E-state index is 0.0321. The number of amides is 1. The summed E-state index contributed by atoms with van der Waals surface area (Å²) >= 11 is 6.01. The van der Waals surface area contributed by atoms with Crippen LogP contribution in [-0.2, 0) is 16.0 Å². The average Bonchev–Trinajstić information content (AvgIpc) is 2.89. The zero-order valence-electron chi connectivity index (χ0n) is 12.0. The van der Waals surface area contributed by atoms with Crippen molar-refractivity contribution in [1.82, 2.24) is 9.88 Å². The van der Waals surface area contributed by atoms with E-state index in [1.54, 1.807) is 4.90 Å². The van der Waals surface area contributed by atoms with Crippen molar-refractivity contribution in [2.24, 2.45) is 5.92 Å². The van der Waals surface area contributed by atoms with Gasteiger partial charge in [-0.1, -0.05) is 11.6 Å². The molecule has 1 aliphatic rings. The zero-order valence-corrected chi connectivity index (χ0v) is 12.8. The SMILES string of the molecule is O=C(O)C1CCN(C(=O)Cc2c[nH]c3ccc(Cl)cc23)CC1. The van der Waals surface area contributed by atoms with Gasteiger partial charge in [-0.25, -0.2) is 0 Å². The number of nitrogens with zero attached hydrogens (tertiary/aromatic N) is 1. The number of aromatic nitrogens is 1. The van der Waals surface area contributed by atoms with Gasteiger partial charge in [0.1, 0.15) is 0 Å². The maximum atomic E-state index is 12.4. The normalized spacial score (nSPS) is 16.1. The Morgan fingerprint density at radius 1 is 1.32 bits per heavy atom. The van der Waals surface area contributed by atoms with Crippen molar-refractivity contribution in [1.29, 1.82) is 0 Å². The number of likely N-dealkylation sites (tertiary alicyclic amines) is 1. The number of hydrogen-bond acceptors (Lipinski definition) is 2. The highest BCUT2D eigenvalue weighted by atomic mass is 35.5. The number of piperidine rings is 1. The van der Waals surface area contributed by atoms with Crippen molar-refractivity contribution in [3.63, 3.8) is 0 Å². The van der Waals surface area contributed by atoms with Crippen LogP contribution < -0.4 is 0 Å². The second-order valence-electron chi connectivity index (χ2n) is 5.67. The number of H-pyrrole nitrogens is 1. The number of carbonyl (C=O) groups is 2. The van der Waals surface area contributed by atoms with E-state index in [1.165, 1.54) is 0 Å². The fourth-order valence-corrected chi connectivity index (χ4v) is 3.12. The predicted octanol–water partition coefficient (Wildman–Crippen LogP) is 2.69. The first-order chi connectivity index (χ1) is 10.5. The first-order valence-corrected chi connectivity index (χ1v) is 7.68. The predicted molar refractivity (Wildman–Crippen MR) is 84.0 cm³/mol. The summed E-state index contributed by atoms with van der Waals surface area (Å²) in [6, 6.07) is 5.55. The van der Waals surface area contributed by atoms with Crippen LogP contribution >= 0.6 is 11.6 Å². The van der Waals surface area contributed by atoms with Gasteiger partial charge in [-0.3, -0.25) is 9.59 Å². The molecule has 0 radical (unpaired) electrons. The number of rotatable bonds is 3. The molecule has 0 aliphatic carbocycles. The molecular formula is C16H17ClN2O3. The van der Waals surface area contributed by atoms with Crippen molar-refractivity contribution in [2.45, 2.75) is 19.3 Å². The standard InChI is InChI=1S/C16H17ClN2O3/c17-12-1-2-14-13(8-12)11(9-18-14)7-15(20)19-5-3-10(4-6-19)16(21)22/h1-2,8-10,18H,3-7H2,(H,21,22). The Morgan fingerprint density at radius 2 is 2.05 bits per heavy atom. The minimum atomic E-state index is -0.765. The van der Waals surface area contributed by atoms with Gasteiger partial charge in [0.05, 0.1) is 12.3 Å². The van der Waals surface area contributed by atoms with Crippen LogP contribution in [0.5, 0.6) is 0 Å². The first-order valence-electron chi connectivity index (χ1n) is 7.30. The maximum Gasteiger partial charge on any atom is 0.306 e. The van der Waals surface area contributed by atoms with Gasteiger partial charge in [-0.2, -0.15) is 0 Å². The van der Waals surface area contributed by atoms with Crippen LogP contribution in [0.15, 0.2) is 24.4 Å². The second kappa shape index (κ2) is 6.01. The van der Waals surface area contributed by atoms with Crippen LogP contribution in [-0.4, -0.2) is 40.0 Å². The van der Waals surface area contributed by atoms with E-state index < -0.39 is 5.97 Å². The summed E-state index contributed by atoms with van der Waals surface area (Å²) in [7, 11) is 0. The number of carboxylic acids is 1. The van der Waals surface area contributed by atoms with Gasteiger partial charge in [-0.15, -0.1) is 0 Å². The lowest BCUT2D eigenvalue weighted by Gasteiger charge is -2.30. The largest absolute Gasteiger partial charge is 0.481 e. The minimum Gasteiger partial charge on any atom is -0.481 e. The van der Waals surface area contributed by atoms with Crippen LogP contribution in [0.3, 0.4) is 0 Å². The van der Waals surface area contributed by atoms with E-state index in [1.807, 2.05) is 24.4 Å². The van der Waals surface area contributed by atoms with Crippen molar-refractivity contribution >= 4 is 34.4 Å². The number of carbonyl (C=O) groups excluding carboxylic acids is 1. The maximum absolute atomic E-state index is 12.4. The third-order valence-electron chi connectivity index (χ3n) is 4.27. The number of nitrogens with one attached hydrogen (secondary N) is 1. The Bertz CT molecular complexity index is 717. The number of hydrogen-bond donors (Lipinski definition) is 2. The molecule has 1 aromatic carbocycles. The molecule has 1 fully saturated rings. The van der Waals surface area contributed by atoms with Gasteiger partial charge in [-0.05, 0) is 36.6 Å². The number of fused-ring (bicyclic) bond motifs is 1. The molecule has 1 aromatic heterocycles. The molecule has 2 N–H and O–H groups in total. The Kier molecular flexibility index (Phi) is 4.07. The van der Waals surface area contributed by atoms with E-state index in [-0.39, 0.29) is 11.8 Å². The van der Waals surface area contributed by atoms with E-state index >= 15 is 0 Å². The summed E-state index contributed by atoms with van der Waals surface area (Å²) in [6.45, 7) is 1.03. The van der Waals surface area contributed by atoms with Crippen molar-refractivity contribution in [2.75, 3.05) is 13.1 Å². The number of carboxylic acid groups (broad SMARTS) is 1. The Morgan fingerprint density at radius 3 is 2.73 bits per heavy atom. The summed E-state index contributed by atoms with van der Waals surface area (Å²) in [6.07, 6.45) is 3.20. The van der Waals surface area contributed by atoms with Crippen molar-refractivity contribution in [3.8, 4) is 0 Å². The third-order valence-corrected chi connectivity index (χ3v) is 4.50. The Hall–Kier alpha value is -2.01. The van der Waals surface area contributed by atoms with Gasteiger partial charge >= 0.3 is 5.97 Å². The van der Waals surface area contributed by atoms with Gasteiger partial charge in [0, 0.05) is 35.2 Å². The van der Waals surface area contributed by atoms with Crippen LogP contribution in [0.1, 0.15) is 18.4 Å². The van der Waals surface area contributed by atoms with Gasteiger partial charge < -0.3 is 15.0 Å². The second-order valence-corrected chi connectivity index (χ2v) is 6.11. The molecule has 0 saturated carbocycles. The number of benzene rings is 1. The molecule has 1 saturated heterocycles. The van der Waals surface area contributed by atoms with Crippen LogP contribution in [0.4, 0.5) is 0 Å². The molecule has 2 aromatic rings. The van der Waals surface area contributed by atoms with Gasteiger partial charge in [0.25, 0.3) is 0 Å². The summed E-state index contributed by atoms with van der Waals surface area (Å²) in [4.78, 5) is 28.2. The Balaban J connectivity index is 1.69. The molecule has 3 rings (SSSR count). The molecule has 0 spiro atoms. The molecule has 116 valence electrons. The molecule has 0 bridgehead atoms. The number of halogens is 1. The summed E-state index contributed by atoms with van der Waals surface area (Å²) in [5, 5.41) is 10.6. The molecule has 1 aliphatic heterocycles. The molecule has 22 heavy (non-hydrogen) atoms. The van der Waals surface area contributed by atoms with Crippen LogP contribution in [0.2, 0.25) is 5.02 Å². The van der Waals surface area contributed by atoms with Crippen molar-refractivity contribution in [3.05, 3.63) is 35.0 Å². The lowest BCUT2D eigenvalue weighted by Crippen LogP contribution is -2.40. The van der Waals surface area contributed by atoms with Gasteiger partial charge in [0.2, 0.25) is 5.91 Å². The van der Waals surface area contributed by atoms with E-state index in [2.05, 4.69) is 4.98 Å². The topological polar surface area (TPSA) is 73.4 Å². The monoisotopic (exact) mass is 320 g/mol. The Labute approximate surface area is 132 Å². The molecule has 2 heterocycles. The molecule has 0 unspecified atom stereocenters. The number of aromatic amines is 1. The lowest BCUT2D eigenvalue weighted by molar-refractivity contribution is -0.145. The third kappa shape index (κ3) is 2.95. The highest BCUT2D eigenvalue weighted by Gasteiger charge is 2.27. The van der Waals surface area contributed by atoms with E-state index in [0.29, 0.717) is 37.4 Å². The quantitative estimate of drug-likeness (QED) is 0.913. The lowest BCUT2D eigenvalue weighted by atomic mass is 9.96. The number of aliphatic carboxylic acids is 1. The fourth-order valence-electron chi connectivity index (χ4n) is 2.95. The molecule has 0 atom stereocenters. The summed E-state index contributed by atoms with van der Waals surface area (Å²) in [5.74, 6) is -1.06.